The Bertz CT molecular complexity index is 673. The van der Waals surface area contributed by atoms with Crippen molar-refractivity contribution in [1.82, 2.24) is 0 Å². The SMILES string of the molecule is CCc1cc(Br)ccc1NC(=O)c1ccc(Cl)cc1OC. The Hall–Kier alpha value is -1.52. The van der Waals surface area contributed by atoms with Gasteiger partial charge in [0.1, 0.15) is 5.75 Å². The molecule has 0 atom stereocenters. The molecule has 2 rings (SSSR count). The minimum atomic E-state index is -0.222. The Balaban J connectivity index is 2.30. The van der Waals surface area contributed by atoms with E-state index in [1.807, 2.05) is 25.1 Å². The molecule has 0 aromatic heterocycles. The van der Waals surface area contributed by atoms with Crippen LogP contribution in [0.4, 0.5) is 5.69 Å². The standard InChI is InChI=1S/C16H15BrClNO2/c1-3-10-8-11(17)4-7-14(10)19-16(20)13-6-5-12(18)9-15(13)21-2/h4-9H,3H2,1-2H3,(H,19,20). The smallest absolute Gasteiger partial charge is 0.259 e. The number of hydrogen-bond donors (Lipinski definition) is 1. The number of benzene rings is 2. The number of nitrogens with one attached hydrogen (secondary N) is 1. The van der Waals surface area contributed by atoms with Gasteiger partial charge in [0.2, 0.25) is 0 Å². The first-order valence-electron chi connectivity index (χ1n) is 6.48. The largest absolute Gasteiger partial charge is 0.496 e. The highest BCUT2D eigenvalue weighted by Crippen LogP contribution is 2.26. The zero-order valence-corrected chi connectivity index (χ0v) is 14.1. The fourth-order valence-corrected chi connectivity index (χ4v) is 2.59. The fraction of sp³-hybridized carbons (Fsp3) is 0.188. The van der Waals surface area contributed by atoms with Crippen molar-refractivity contribution in [1.29, 1.82) is 0 Å². The predicted molar refractivity (Wildman–Crippen MR) is 89.5 cm³/mol. The van der Waals surface area contributed by atoms with Crippen LogP contribution in [0.1, 0.15) is 22.8 Å². The molecule has 2 aromatic carbocycles. The van der Waals surface area contributed by atoms with Crippen LogP contribution in [0.2, 0.25) is 5.02 Å². The number of carbonyl (C=O) groups is 1. The monoisotopic (exact) mass is 367 g/mol. The average Bonchev–Trinajstić information content (AvgIpc) is 2.48. The fourth-order valence-electron chi connectivity index (χ4n) is 2.02. The molecule has 0 aliphatic carbocycles. The van der Waals surface area contributed by atoms with Crippen molar-refractivity contribution in [2.75, 3.05) is 12.4 Å². The molecule has 5 heteroatoms. The molecule has 0 heterocycles. The van der Waals surface area contributed by atoms with E-state index in [1.165, 1.54) is 7.11 Å². The van der Waals surface area contributed by atoms with Crippen molar-refractivity contribution in [3.63, 3.8) is 0 Å². The summed E-state index contributed by atoms with van der Waals surface area (Å²) < 4.78 is 6.20. The van der Waals surface area contributed by atoms with E-state index in [-0.39, 0.29) is 5.91 Å². The number of anilines is 1. The average molecular weight is 369 g/mol. The molecule has 0 aliphatic heterocycles. The zero-order valence-electron chi connectivity index (χ0n) is 11.7. The molecule has 0 aliphatic rings. The highest BCUT2D eigenvalue weighted by atomic mass is 79.9. The second kappa shape index (κ2) is 6.96. The van der Waals surface area contributed by atoms with Crippen molar-refractivity contribution in [3.8, 4) is 5.75 Å². The number of halogens is 2. The third kappa shape index (κ3) is 3.77. The molecule has 1 N–H and O–H groups in total. The van der Waals surface area contributed by atoms with Crippen molar-refractivity contribution in [2.24, 2.45) is 0 Å². The second-order valence-electron chi connectivity index (χ2n) is 4.45. The summed E-state index contributed by atoms with van der Waals surface area (Å²) in [5.41, 5.74) is 2.31. The van der Waals surface area contributed by atoms with Crippen LogP contribution in [0.15, 0.2) is 40.9 Å². The van der Waals surface area contributed by atoms with E-state index in [9.17, 15) is 4.79 Å². The summed E-state index contributed by atoms with van der Waals surface area (Å²) >= 11 is 9.34. The van der Waals surface area contributed by atoms with E-state index < -0.39 is 0 Å². The van der Waals surface area contributed by atoms with Crippen molar-refractivity contribution >= 4 is 39.1 Å². The van der Waals surface area contributed by atoms with Crippen LogP contribution in [-0.4, -0.2) is 13.0 Å². The number of rotatable bonds is 4. The van der Waals surface area contributed by atoms with Crippen LogP contribution in [0, 0.1) is 0 Å². The summed E-state index contributed by atoms with van der Waals surface area (Å²) in [5, 5.41) is 3.45. The molecular formula is C16H15BrClNO2. The van der Waals surface area contributed by atoms with E-state index >= 15 is 0 Å². The molecule has 0 radical (unpaired) electrons. The summed E-state index contributed by atoms with van der Waals surface area (Å²) in [6.45, 7) is 2.04. The van der Waals surface area contributed by atoms with Crippen LogP contribution in [0.3, 0.4) is 0 Å². The van der Waals surface area contributed by atoms with Crippen molar-refractivity contribution in [2.45, 2.75) is 13.3 Å². The summed E-state index contributed by atoms with van der Waals surface area (Å²) in [6.07, 6.45) is 0.826. The third-order valence-electron chi connectivity index (χ3n) is 3.10. The van der Waals surface area contributed by atoms with Crippen molar-refractivity contribution < 1.29 is 9.53 Å². The van der Waals surface area contributed by atoms with Crippen LogP contribution in [0.25, 0.3) is 0 Å². The van der Waals surface area contributed by atoms with Gasteiger partial charge in [-0.05, 0) is 48.4 Å². The van der Waals surface area contributed by atoms with Gasteiger partial charge in [-0.2, -0.15) is 0 Å². The Morgan fingerprint density at radius 3 is 2.71 bits per heavy atom. The summed E-state index contributed by atoms with van der Waals surface area (Å²) in [5.74, 6) is 0.232. The van der Waals surface area contributed by atoms with E-state index in [0.29, 0.717) is 16.3 Å². The number of hydrogen-bond acceptors (Lipinski definition) is 2. The maximum atomic E-state index is 12.4. The molecule has 0 fully saturated rings. The first-order valence-corrected chi connectivity index (χ1v) is 7.65. The first-order chi connectivity index (χ1) is 10.0. The molecule has 0 saturated heterocycles. The summed E-state index contributed by atoms with van der Waals surface area (Å²) in [4.78, 5) is 12.4. The quantitative estimate of drug-likeness (QED) is 0.831. The molecule has 0 unspecified atom stereocenters. The van der Waals surface area contributed by atoms with Gasteiger partial charge in [-0.3, -0.25) is 4.79 Å². The lowest BCUT2D eigenvalue weighted by Gasteiger charge is -2.12. The van der Waals surface area contributed by atoms with E-state index in [0.717, 1.165) is 22.1 Å². The first kappa shape index (κ1) is 15.9. The predicted octanol–water partition coefficient (Wildman–Crippen LogP) is 4.93. The number of ether oxygens (including phenoxy) is 1. The highest BCUT2D eigenvalue weighted by molar-refractivity contribution is 9.10. The summed E-state index contributed by atoms with van der Waals surface area (Å²) in [6, 6.07) is 10.7. The lowest BCUT2D eigenvalue weighted by Crippen LogP contribution is -2.14. The van der Waals surface area contributed by atoms with E-state index in [1.54, 1.807) is 18.2 Å². The number of amides is 1. The van der Waals surface area contributed by atoms with Crippen LogP contribution in [-0.2, 0) is 6.42 Å². The van der Waals surface area contributed by atoms with Gasteiger partial charge in [-0.1, -0.05) is 34.5 Å². The summed E-state index contributed by atoms with van der Waals surface area (Å²) in [7, 11) is 1.51. The minimum absolute atomic E-state index is 0.222. The normalized spacial score (nSPS) is 10.3. The van der Waals surface area contributed by atoms with E-state index in [4.69, 9.17) is 16.3 Å². The zero-order chi connectivity index (χ0) is 15.4. The molecule has 110 valence electrons. The Morgan fingerprint density at radius 1 is 1.29 bits per heavy atom. The van der Waals surface area contributed by atoms with Gasteiger partial charge in [0, 0.05) is 15.2 Å². The molecule has 3 nitrogen and oxygen atoms in total. The Kier molecular flexibility index (Phi) is 5.26. The molecule has 21 heavy (non-hydrogen) atoms. The van der Waals surface area contributed by atoms with Crippen molar-refractivity contribution in [3.05, 3.63) is 57.0 Å². The lowest BCUT2D eigenvalue weighted by molar-refractivity contribution is 0.102. The Morgan fingerprint density at radius 2 is 2.05 bits per heavy atom. The maximum absolute atomic E-state index is 12.4. The molecule has 1 amide bonds. The van der Waals surface area contributed by atoms with Gasteiger partial charge in [-0.15, -0.1) is 0 Å². The van der Waals surface area contributed by atoms with Gasteiger partial charge >= 0.3 is 0 Å². The van der Waals surface area contributed by atoms with Gasteiger partial charge in [-0.25, -0.2) is 0 Å². The molecule has 0 spiro atoms. The number of carbonyl (C=O) groups excluding carboxylic acids is 1. The number of methoxy groups -OCH3 is 1. The van der Waals surface area contributed by atoms with Gasteiger partial charge < -0.3 is 10.1 Å². The van der Waals surface area contributed by atoms with Gasteiger partial charge in [0.25, 0.3) is 5.91 Å². The van der Waals surface area contributed by atoms with E-state index in [2.05, 4.69) is 21.2 Å². The van der Waals surface area contributed by atoms with Crippen LogP contribution >= 0.6 is 27.5 Å². The number of aryl methyl sites for hydroxylation is 1. The molecule has 0 bridgehead atoms. The van der Waals surface area contributed by atoms with Gasteiger partial charge in [0.15, 0.2) is 0 Å². The molecule has 0 saturated carbocycles. The van der Waals surface area contributed by atoms with Gasteiger partial charge in [0.05, 0.1) is 12.7 Å². The second-order valence-corrected chi connectivity index (χ2v) is 5.81. The Labute approximate surface area is 137 Å². The lowest BCUT2D eigenvalue weighted by atomic mass is 10.1. The minimum Gasteiger partial charge on any atom is -0.496 e. The van der Waals surface area contributed by atoms with Crippen LogP contribution < -0.4 is 10.1 Å². The maximum Gasteiger partial charge on any atom is 0.259 e. The third-order valence-corrected chi connectivity index (χ3v) is 3.83. The molecular weight excluding hydrogens is 354 g/mol. The highest BCUT2D eigenvalue weighted by Gasteiger charge is 2.14. The van der Waals surface area contributed by atoms with Crippen LogP contribution in [0.5, 0.6) is 5.75 Å². The topological polar surface area (TPSA) is 38.3 Å². The molecule has 2 aromatic rings.